The highest BCUT2D eigenvalue weighted by atomic mass is 16.5. The van der Waals surface area contributed by atoms with Gasteiger partial charge in [0.1, 0.15) is 5.75 Å². The van der Waals surface area contributed by atoms with Gasteiger partial charge in [0.05, 0.1) is 13.7 Å². The van der Waals surface area contributed by atoms with Crippen molar-refractivity contribution in [3.8, 4) is 5.75 Å². The van der Waals surface area contributed by atoms with E-state index in [1.807, 2.05) is 19.9 Å². The summed E-state index contributed by atoms with van der Waals surface area (Å²) in [4.78, 5) is 11.6. The molecule has 0 saturated carbocycles. The molecule has 100 valence electrons. The van der Waals surface area contributed by atoms with Crippen LogP contribution in [0.15, 0.2) is 18.2 Å². The smallest absolute Gasteiger partial charge is 0.339 e. The summed E-state index contributed by atoms with van der Waals surface area (Å²) < 4.78 is 10.1. The minimum Gasteiger partial charge on any atom is -0.496 e. The lowest BCUT2D eigenvalue weighted by atomic mass is 9.93. The van der Waals surface area contributed by atoms with Crippen molar-refractivity contribution in [2.45, 2.75) is 32.8 Å². The maximum Gasteiger partial charge on any atom is 0.339 e. The molecule has 1 rings (SSSR count). The van der Waals surface area contributed by atoms with Gasteiger partial charge in [-0.15, -0.1) is 0 Å². The zero-order valence-electron chi connectivity index (χ0n) is 11.3. The van der Waals surface area contributed by atoms with Gasteiger partial charge < -0.3 is 14.6 Å². The SMILES string of the molecule is CCOC(=O)C(O)c1cccc(OC)c1C(C)C. The molecule has 1 unspecified atom stereocenters. The van der Waals surface area contributed by atoms with Crippen LogP contribution in [0, 0.1) is 0 Å². The second-order valence-corrected chi connectivity index (χ2v) is 4.27. The number of carbonyl (C=O) groups excluding carboxylic acids is 1. The highest BCUT2D eigenvalue weighted by Gasteiger charge is 2.24. The minimum absolute atomic E-state index is 0.139. The van der Waals surface area contributed by atoms with Crippen LogP contribution in [0.2, 0.25) is 0 Å². The second-order valence-electron chi connectivity index (χ2n) is 4.27. The normalized spacial score (nSPS) is 12.3. The predicted molar refractivity (Wildman–Crippen MR) is 68.7 cm³/mol. The maximum absolute atomic E-state index is 11.6. The number of ether oxygens (including phenoxy) is 2. The zero-order chi connectivity index (χ0) is 13.7. The van der Waals surface area contributed by atoms with E-state index in [-0.39, 0.29) is 12.5 Å². The van der Waals surface area contributed by atoms with Crippen molar-refractivity contribution in [2.24, 2.45) is 0 Å². The Bertz CT molecular complexity index is 412. The Kier molecular flexibility index (Phi) is 5.16. The number of rotatable bonds is 5. The van der Waals surface area contributed by atoms with Gasteiger partial charge in [0.2, 0.25) is 0 Å². The number of hydrogen-bond acceptors (Lipinski definition) is 4. The number of esters is 1. The van der Waals surface area contributed by atoms with E-state index in [0.29, 0.717) is 11.3 Å². The van der Waals surface area contributed by atoms with E-state index in [9.17, 15) is 9.90 Å². The second kappa shape index (κ2) is 6.40. The highest BCUT2D eigenvalue weighted by molar-refractivity contribution is 5.77. The van der Waals surface area contributed by atoms with E-state index in [2.05, 4.69) is 0 Å². The first-order valence-corrected chi connectivity index (χ1v) is 6.04. The monoisotopic (exact) mass is 252 g/mol. The van der Waals surface area contributed by atoms with E-state index in [1.54, 1.807) is 26.2 Å². The summed E-state index contributed by atoms with van der Waals surface area (Å²) in [7, 11) is 1.57. The van der Waals surface area contributed by atoms with Crippen molar-refractivity contribution in [1.29, 1.82) is 0 Å². The number of carbonyl (C=O) groups is 1. The van der Waals surface area contributed by atoms with Crippen molar-refractivity contribution in [3.05, 3.63) is 29.3 Å². The average Bonchev–Trinajstić information content (AvgIpc) is 2.36. The van der Waals surface area contributed by atoms with Crippen LogP contribution in [-0.2, 0) is 9.53 Å². The van der Waals surface area contributed by atoms with Gasteiger partial charge in [-0.25, -0.2) is 4.79 Å². The Hall–Kier alpha value is -1.55. The molecule has 0 aromatic heterocycles. The molecule has 1 atom stereocenters. The number of aliphatic hydroxyl groups excluding tert-OH is 1. The first-order valence-electron chi connectivity index (χ1n) is 6.04. The molecule has 4 nitrogen and oxygen atoms in total. The Morgan fingerprint density at radius 2 is 2.06 bits per heavy atom. The molecule has 0 saturated heterocycles. The molecule has 0 heterocycles. The van der Waals surface area contributed by atoms with Gasteiger partial charge in [-0.1, -0.05) is 26.0 Å². The number of benzene rings is 1. The van der Waals surface area contributed by atoms with Crippen LogP contribution >= 0.6 is 0 Å². The van der Waals surface area contributed by atoms with Crippen molar-refractivity contribution < 1.29 is 19.4 Å². The fourth-order valence-corrected chi connectivity index (χ4v) is 1.94. The lowest BCUT2D eigenvalue weighted by Crippen LogP contribution is -2.17. The fourth-order valence-electron chi connectivity index (χ4n) is 1.94. The Morgan fingerprint density at radius 3 is 2.56 bits per heavy atom. The van der Waals surface area contributed by atoms with Crippen LogP contribution in [0.3, 0.4) is 0 Å². The van der Waals surface area contributed by atoms with Crippen LogP contribution in [0.4, 0.5) is 0 Å². The van der Waals surface area contributed by atoms with E-state index >= 15 is 0 Å². The Labute approximate surface area is 108 Å². The van der Waals surface area contributed by atoms with E-state index in [1.165, 1.54) is 0 Å². The quantitative estimate of drug-likeness (QED) is 0.818. The molecule has 0 aliphatic rings. The third-order valence-corrected chi connectivity index (χ3v) is 2.70. The van der Waals surface area contributed by atoms with Crippen LogP contribution in [-0.4, -0.2) is 24.8 Å². The molecule has 0 spiro atoms. The Morgan fingerprint density at radius 1 is 1.39 bits per heavy atom. The largest absolute Gasteiger partial charge is 0.496 e. The van der Waals surface area contributed by atoms with Gasteiger partial charge in [0.25, 0.3) is 0 Å². The average molecular weight is 252 g/mol. The van der Waals surface area contributed by atoms with Gasteiger partial charge in [-0.05, 0) is 24.5 Å². The third kappa shape index (κ3) is 3.01. The Balaban J connectivity index is 3.19. The van der Waals surface area contributed by atoms with E-state index in [4.69, 9.17) is 9.47 Å². The summed E-state index contributed by atoms with van der Waals surface area (Å²) >= 11 is 0. The van der Waals surface area contributed by atoms with Gasteiger partial charge >= 0.3 is 5.97 Å². The molecule has 0 radical (unpaired) electrons. The van der Waals surface area contributed by atoms with E-state index in [0.717, 1.165) is 5.56 Å². The van der Waals surface area contributed by atoms with Crippen LogP contribution in [0.1, 0.15) is 43.9 Å². The molecule has 0 aliphatic heterocycles. The molecule has 0 bridgehead atoms. The molecule has 4 heteroatoms. The summed E-state index contributed by atoms with van der Waals surface area (Å²) in [6.07, 6.45) is -1.27. The van der Waals surface area contributed by atoms with Gasteiger partial charge in [-0.3, -0.25) is 0 Å². The molecule has 0 fully saturated rings. The van der Waals surface area contributed by atoms with Crippen LogP contribution in [0.25, 0.3) is 0 Å². The molecule has 1 aromatic rings. The molecule has 0 amide bonds. The number of methoxy groups -OCH3 is 1. The van der Waals surface area contributed by atoms with Crippen molar-refractivity contribution in [3.63, 3.8) is 0 Å². The molecular weight excluding hydrogens is 232 g/mol. The summed E-state index contributed by atoms with van der Waals surface area (Å²) in [5, 5.41) is 10.0. The predicted octanol–water partition coefficient (Wildman–Crippen LogP) is 2.42. The first-order chi connectivity index (χ1) is 8.52. The summed E-state index contributed by atoms with van der Waals surface area (Å²) in [6.45, 7) is 5.93. The lowest BCUT2D eigenvalue weighted by molar-refractivity contribution is -0.153. The summed E-state index contributed by atoms with van der Waals surface area (Å²) in [5.41, 5.74) is 1.38. The van der Waals surface area contributed by atoms with Crippen molar-refractivity contribution >= 4 is 5.97 Å². The number of aliphatic hydroxyl groups is 1. The maximum atomic E-state index is 11.6. The third-order valence-electron chi connectivity index (χ3n) is 2.70. The molecule has 0 aliphatic carbocycles. The molecule has 1 N–H and O–H groups in total. The van der Waals surface area contributed by atoms with Crippen molar-refractivity contribution in [2.75, 3.05) is 13.7 Å². The summed E-state index contributed by atoms with van der Waals surface area (Å²) in [6, 6.07) is 5.29. The van der Waals surface area contributed by atoms with Crippen LogP contribution < -0.4 is 4.74 Å². The molecule has 18 heavy (non-hydrogen) atoms. The standard InChI is InChI=1S/C14H20O4/c1-5-18-14(16)13(15)10-7-6-8-11(17-4)12(10)9(2)3/h6-9,13,15H,5H2,1-4H3. The summed E-state index contributed by atoms with van der Waals surface area (Å²) in [5.74, 6) is 0.179. The van der Waals surface area contributed by atoms with E-state index < -0.39 is 12.1 Å². The number of hydrogen-bond donors (Lipinski definition) is 1. The van der Waals surface area contributed by atoms with Crippen molar-refractivity contribution in [1.82, 2.24) is 0 Å². The molecule has 1 aromatic carbocycles. The molecular formula is C14H20O4. The van der Waals surface area contributed by atoms with Gasteiger partial charge in [0.15, 0.2) is 6.10 Å². The fraction of sp³-hybridized carbons (Fsp3) is 0.500. The van der Waals surface area contributed by atoms with Crippen LogP contribution in [0.5, 0.6) is 5.75 Å². The minimum atomic E-state index is -1.27. The first kappa shape index (κ1) is 14.5. The highest BCUT2D eigenvalue weighted by Crippen LogP contribution is 2.33. The van der Waals surface area contributed by atoms with Gasteiger partial charge in [0, 0.05) is 5.56 Å². The van der Waals surface area contributed by atoms with Gasteiger partial charge in [-0.2, -0.15) is 0 Å². The zero-order valence-corrected chi connectivity index (χ0v) is 11.3. The topological polar surface area (TPSA) is 55.8 Å². The lowest BCUT2D eigenvalue weighted by Gasteiger charge is -2.19.